The van der Waals surface area contributed by atoms with Gasteiger partial charge < -0.3 is 5.32 Å². The van der Waals surface area contributed by atoms with Gasteiger partial charge in [0.2, 0.25) is 0 Å². The fourth-order valence-corrected chi connectivity index (χ4v) is 3.19. The molecule has 0 aromatic heterocycles. The lowest BCUT2D eigenvalue weighted by Gasteiger charge is -2.01. The van der Waals surface area contributed by atoms with Crippen molar-refractivity contribution in [2.24, 2.45) is 0 Å². The van der Waals surface area contributed by atoms with Gasteiger partial charge in [-0.25, -0.2) is 0 Å². The molecule has 1 aliphatic heterocycles. The summed E-state index contributed by atoms with van der Waals surface area (Å²) in [6.07, 6.45) is 1.81. The Morgan fingerprint density at radius 2 is 1.85 bits per heavy atom. The van der Waals surface area contributed by atoms with E-state index in [1.807, 2.05) is 18.2 Å². The molecule has 0 atom stereocenters. The topological polar surface area (TPSA) is 29.1 Å². The van der Waals surface area contributed by atoms with Gasteiger partial charge in [0.15, 0.2) is 0 Å². The Morgan fingerprint density at radius 3 is 2.60 bits per heavy atom. The molecule has 0 saturated heterocycles. The van der Waals surface area contributed by atoms with E-state index in [-0.39, 0.29) is 5.91 Å². The number of fused-ring (bicyclic) bond motifs is 1. The van der Waals surface area contributed by atoms with E-state index < -0.39 is 0 Å². The van der Waals surface area contributed by atoms with E-state index in [1.165, 1.54) is 0 Å². The van der Waals surface area contributed by atoms with Crippen molar-refractivity contribution < 1.29 is 4.79 Å². The number of amides is 1. The summed E-state index contributed by atoms with van der Waals surface area (Å²) in [5.74, 6) is -0.140. The van der Waals surface area contributed by atoms with Crippen LogP contribution in [0, 0.1) is 0 Å². The third-order valence-corrected chi connectivity index (χ3v) is 3.87. The van der Waals surface area contributed by atoms with Gasteiger partial charge in [0.25, 0.3) is 5.91 Å². The molecular formula is C15H8BrCl2NO. The van der Waals surface area contributed by atoms with E-state index in [0.29, 0.717) is 15.6 Å². The molecule has 20 heavy (non-hydrogen) atoms. The molecule has 0 fully saturated rings. The molecule has 1 heterocycles. The Morgan fingerprint density at radius 1 is 1.05 bits per heavy atom. The van der Waals surface area contributed by atoms with Crippen molar-refractivity contribution >= 4 is 62.4 Å². The number of benzene rings is 2. The fourth-order valence-electron chi connectivity index (χ4n) is 2.14. The van der Waals surface area contributed by atoms with Crippen LogP contribution in [0.2, 0.25) is 10.0 Å². The molecule has 1 amide bonds. The average molecular weight is 369 g/mol. The van der Waals surface area contributed by atoms with Gasteiger partial charge in [-0.05, 0) is 42.0 Å². The van der Waals surface area contributed by atoms with Gasteiger partial charge in [-0.2, -0.15) is 0 Å². The van der Waals surface area contributed by atoms with Crippen molar-refractivity contribution in [2.75, 3.05) is 5.32 Å². The third kappa shape index (κ3) is 2.62. The largest absolute Gasteiger partial charge is 0.321 e. The van der Waals surface area contributed by atoms with Crippen LogP contribution in [0.4, 0.5) is 5.69 Å². The molecule has 5 heteroatoms. The number of nitrogens with one attached hydrogen (secondary N) is 1. The van der Waals surface area contributed by atoms with Gasteiger partial charge in [-0.3, -0.25) is 4.79 Å². The summed E-state index contributed by atoms with van der Waals surface area (Å²) in [5.41, 5.74) is 3.04. The van der Waals surface area contributed by atoms with Gasteiger partial charge in [0, 0.05) is 25.7 Å². The monoisotopic (exact) mass is 367 g/mol. The molecule has 0 saturated carbocycles. The van der Waals surface area contributed by atoms with Gasteiger partial charge in [0.1, 0.15) is 0 Å². The maximum Gasteiger partial charge on any atom is 0.256 e. The predicted octanol–water partition coefficient (Wildman–Crippen LogP) is 5.25. The second kappa shape index (κ2) is 5.24. The lowest BCUT2D eigenvalue weighted by atomic mass is 10.0. The molecule has 2 nitrogen and oxygen atoms in total. The van der Waals surface area contributed by atoms with E-state index in [4.69, 9.17) is 23.2 Å². The summed E-state index contributed by atoms with van der Waals surface area (Å²) in [5, 5.41) is 4.01. The van der Waals surface area contributed by atoms with Crippen molar-refractivity contribution in [1.82, 2.24) is 0 Å². The van der Waals surface area contributed by atoms with E-state index in [9.17, 15) is 4.79 Å². The molecule has 0 radical (unpaired) electrons. The second-order valence-corrected chi connectivity index (χ2v) is 6.19. The van der Waals surface area contributed by atoms with Crippen LogP contribution >= 0.6 is 39.1 Å². The first kappa shape index (κ1) is 13.7. The fraction of sp³-hybridized carbons (Fsp3) is 0. The number of anilines is 1. The highest BCUT2D eigenvalue weighted by atomic mass is 79.9. The van der Waals surface area contributed by atoms with Gasteiger partial charge in [0.05, 0.1) is 5.69 Å². The molecule has 1 aliphatic rings. The van der Waals surface area contributed by atoms with Gasteiger partial charge in [-0.1, -0.05) is 45.2 Å². The van der Waals surface area contributed by atoms with Crippen molar-refractivity contribution in [3.63, 3.8) is 0 Å². The zero-order valence-electron chi connectivity index (χ0n) is 10.1. The minimum absolute atomic E-state index is 0.140. The van der Waals surface area contributed by atoms with E-state index in [1.54, 1.807) is 24.3 Å². The van der Waals surface area contributed by atoms with Gasteiger partial charge >= 0.3 is 0 Å². The van der Waals surface area contributed by atoms with Crippen LogP contribution in [-0.4, -0.2) is 5.91 Å². The van der Waals surface area contributed by atoms with Crippen LogP contribution in [0.1, 0.15) is 11.1 Å². The molecule has 3 rings (SSSR count). The third-order valence-electron chi connectivity index (χ3n) is 2.96. The van der Waals surface area contributed by atoms with Crippen molar-refractivity contribution in [1.29, 1.82) is 0 Å². The standard InChI is InChI=1S/C15H8BrCl2NO/c16-9-3-8(4-11(18)6-9)5-13-12-2-1-10(17)7-14(12)19-15(13)20/h1-7H,(H,19,20)/b13-5-. The highest BCUT2D eigenvalue weighted by Crippen LogP contribution is 2.35. The summed E-state index contributed by atoms with van der Waals surface area (Å²) in [6.45, 7) is 0. The molecule has 100 valence electrons. The Bertz CT molecular complexity index is 735. The smallest absolute Gasteiger partial charge is 0.256 e. The Kier molecular flexibility index (Phi) is 3.59. The zero-order valence-corrected chi connectivity index (χ0v) is 13.2. The molecule has 0 spiro atoms. The van der Waals surface area contributed by atoms with E-state index in [2.05, 4.69) is 21.2 Å². The SMILES string of the molecule is O=C1Nc2cc(Cl)ccc2/C1=C/c1cc(Cl)cc(Br)c1. The minimum atomic E-state index is -0.140. The number of halogens is 3. The predicted molar refractivity (Wildman–Crippen MR) is 87.1 cm³/mol. The summed E-state index contributed by atoms with van der Waals surface area (Å²) >= 11 is 15.3. The Hall–Kier alpha value is -1.29. The molecule has 1 N–H and O–H groups in total. The first-order valence-corrected chi connectivity index (χ1v) is 7.37. The number of rotatable bonds is 1. The Balaban J connectivity index is 2.11. The van der Waals surface area contributed by atoms with Crippen LogP contribution in [0.25, 0.3) is 11.6 Å². The summed E-state index contributed by atoms with van der Waals surface area (Å²) in [7, 11) is 0. The molecular weight excluding hydrogens is 361 g/mol. The quantitative estimate of drug-likeness (QED) is 0.684. The number of carbonyl (C=O) groups excluding carboxylic acids is 1. The van der Waals surface area contributed by atoms with Crippen molar-refractivity contribution in [2.45, 2.75) is 0 Å². The van der Waals surface area contributed by atoms with Crippen LogP contribution in [0.15, 0.2) is 40.9 Å². The maximum absolute atomic E-state index is 12.0. The molecule has 0 unspecified atom stereocenters. The van der Waals surface area contributed by atoms with Crippen LogP contribution in [0.3, 0.4) is 0 Å². The molecule has 2 aromatic carbocycles. The summed E-state index contributed by atoms with van der Waals surface area (Å²) in [6, 6.07) is 10.8. The van der Waals surface area contributed by atoms with E-state index >= 15 is 0 Å². The Labute approximate surface area is 134 Å². The van der Waals surface area contributed by atoms with Crippen LogP contribution in [0.5, 0.6) is 0 Å². The average Bonchev–Trinajstić information content (AvgIpc) is 2.64. The molecule has 0 aliphatic carbocycles. The maximum atomic E-state index is 12.0. The molecule has 0 bridgehead atoms. The first-order chi connectivity index (χ1) is 9.52. The minimum Gasteiger partial charge on any atom is -0.321 e. The van der Waals surface area contributed by atoms with Gasteiger partial charge in [-0.15, -0.1) is 0 Å². The highest BCUT2D eigenvalue weighted by Gasteiger charge is 2.24. The molecule has 2 aromatic rings. The van der Waals surface area contributed by atoms with Crippen molar-refractivity contribution in [3.05, 3.63) is 62.0 Å². The lowest BCUT2D eigenvalue weighted by molar-refractivity contribution is -0.110. The number of hydrogen-bond acceptors (Lipinski definition) is 1. The normalized spacial score (nSPS) is 15.3. The van der Waals surface area contributed by atoms with Crippen LogP contribution in [-0.2, 0) is 4.79 Å². The van der Waals surface area contributed by atoms with E-state index in [0.717, 1.165) is 21.3 Å². The summed E-state index contributed by atoms with van der Waals surface area (Å²) < 4.78 is 0.867. The number of hydrogen-bond donors (Lipinski definition) is 1. The zero-order chi connectivity index (χ0) is 14.3. The lowest BCUT2D eigenvalue weighted by Crippen LogP contribution is -2.03. The van der Waals surface area contributed by atoms with Crippen molar-refractivity contribution in [3.8, 4) is 0 Å². The number of carbonyl (C=O) groups is 1. The summed E-state index contributed by atoms with van der Waals surface area (Å²) in [4.78, 5) is 12.0. The second-order valence-electron chi connectivity index (χ2n) is 4.40. The first-order valence-electron chi connectivity index (χ1n) is 5.82. The highest BCUT2D eigenvalue weighted by molar-refractivity contribution is 9.10. The van der Waals surface area contributed by atoms with Crippen LogP contribution < -0.4 is 5.32 Å².